The zero-order valence-electron chi connectivity index (χ0n) is 27.0. The number of phenols is 1. The molecule has 49 heavy (non-hydrogen) atoms. The van der Waals surface area contributed by atoms with Gasteiger partial charge in [0.1, 0.15) is 11.8 Å². The van der Waals surface area contributed by atoms with Crippen LogP contribution in [0.1, 0.15) is 24.8 Å². The third-order valence-electron chi connectivity index (χ3n) is 9.10. The van der Waals surface area contributed by atoms with E-state index in [9.17, 15) is 14.7 Å². The van der Waals surface area contributed by atoms with E-state index in [2.05, 4.69) is 45.2 Å². The first-order chi connectivity index (χ1) is 23.7. The van der Waals surface area contributed by atoms with Crippen LogP contribution in [0, 0.1) is 0 Å². The Balaban J connectivity index is 0.000000202. The molecule has 0 radical (unpaired) electrons. The number of nitrogens with two attached hydrogens (primary N) is 1. The van der Waals surface area contributed by atoms with Crippen molar-refractivity contribution in [3.8, 4) is 5.75 Å². The molecule has 5 aromatic carbocycles. The van der Waals surface area contributed by atoms with Crippen LogP contribution in [0.2, 0.25) is 0 Å². The number of aromatic amines is 1. The molecule has 0 aliphatic carbocycles. The minimum absolute atomic E-state index is 0.115. The number of phenolic OH excluding ortho intramolecular Hbond substituents is 1. The highest BCUT2D eigenvalue weighted by molar-refractivity contribution is 6.10. The molecular weight excluding hydrogens is 618 g/mol. The summed E-state index contributed by atoms with van der Waals surface area (Å²) in [4.78, 5) is 46.9. The van der Waals surface area contributed by atoms with Gasteiger partial charge in [-0.3, -0.25) is 9.59 Å². The van der Waals surface area contributed by atoms with Gasteiger partial charge in [-0.1, -0.05) is 60.7 Å². The molecule has 8 rings (SSSR count). The number of fused-ring (bicyclic) bond motifs is 6. The van der Waals surface area contributed by atoms with Crippen molar-refractivity contribution in [2.45, 2.75) is 25.3 Å². The number of aromatic nitrogens is 2. The van der Waals surface area contributed by atoms with Gasteiger partial charge in [-0.25, -0.2) is 0 Å². The second-order valence-electron chi connectivity index (χ2n) is 12.0. The van der Waals surface area contributed by atoms with E-state index in [4.69, 9.17) is 15.3 Å². The van der Waals surface area contributed by atoms with Gasteiger partial charge < -0.3 is 30.6 Å². The highest BCUT2D eigenvalue weighted by Crippen LogP contribution is 2.36. The van der Waals surface area contributed by atoms with Crippen LogP contribution in [0.5, 0.6) is 5.75 Å². The van der Waals surface area contributed by atoms with E-state index in [1.165, 1.54) is 23.1 Å². The van der Waals surface area contributed by atoms with Crippen LogP contribution in [0.15, 0.2) is 109 Å². The predicted molar refractivity (Wildman–Crippen MR) is 191 cm³/mol. The fraction of sp³-hybridized carbons (Fsp3) is 0.154. The van der Waals surface area contributed by atoms with Crippen molar-refractivity contribution >= 4 is 73.0 Å². The fourth-order valence-corrected chi connectivity index (χ4v) is 6.87. The van der Waals surface area contributed by atoms with Crippen molar-refractivity contribution < 1.29 is 24.3 Å². The number of para-hydroxylation sites is 2. The van der Waals surface area contributed by atoms with E-state index < -0.39 is 6.04 Å². The Morgan fingerprint density at radius 3 is 2.18 bits per heavy atom. The number of hydrogen-bond acceptors (Lipinski definition) is 6. The molecule has 1 saturated heterocycles. The molecule has 1 aliphatic heterocycles. The number of H-pyrrole nitrogens is 1. The highest BCUT2D eigenvalue weighted by atomic mass is 16.3. The molecule has 1 fully saturated rings. The third kappa shape index (κ3) is 6.45. The molecule has 3 heterocycles. The van der Waals surface area contributed by atoms with Crippen molar-refractivity contribution in [2.24, 2.45) is 7.05 Å². The van der Waals surface area contributed by atoms with Crippen LogP contribution >= 0.6 is 0 Å². The van der Waals surface area contributed by atoms with Crippen LogP contribution in [-0.4, -0.2) is 50.1 Å². The van der Waals surface area contributed by atoms with E-state index >= 15 is 0 Å². The largest absolute Gasteiger partial charge is 0.508 e. The maximum Gasteiger partial charge on any atom is 0.373 e. The van der Waals surface area contributed by atoms with Gasteiger partial charge in [0.25, 0.3) is 0 Å². The number of anilines is 2. The van der Waals surface area contributed by atoms with Gasteiger partial charge in [0, 0.05) is 75.9 Å². The first-order valence-electron chi connectivity index (χ1n) is 15.8. The fourth-order valence-electron chi connectivity index (χ4n) is 6.87. The van der Waals surface area contributed by atoms with Crippen LogP contribution < -0.4 is 11.1 Å². The third-order valence-corrected chi connectivity index (χ3v) is 9.10. The monoisotopic (exact) mass is 653 g/mol. The summed E-state index contributed by atoms with van der Waals surface area (Å²) in [7, 11) is 2.02. The van der Waals surface area contributed by atoms with Gasteiger partial charge in [0.05, 0.1) is 5.52 Å². The summed E-state index contributed by atoms with van der Waals surface area (Å²) in [5, 5.41) is 17.5. The number of hydrogen-bond donors (Lipinski definition) is 4. The standard InChI is InChI=1S/C26H25N3O3.C12H10N2.CO2/c1-16(30)29-14-13-20(17-7-10-19(31)11-8-17)25(29)26(32)27-18-9-12-22-21-5-3-4-6-23(21)28(2)24(22)15-18;13-8-5-6-10-9-3-1-2-4-11(9)14-12(10)7-8;2-1-3/h3-12,15,20,25,31H,13-14H2,1-2H3,(H,27,32);1-7,14H,13H2;/t20?,25-;;/m0../s1. The summed E-state index contributed by atoms with van der Waals surface area (Å²) in [6.07, 6.45) is 0.949. The molecule has 0 saturated carbocycles. The molecule has 10 nitrogen and oxygen atoms in total. The zero-order valence-corrected chi connectivity index (χ0v) is 27.0. The van der Waals surface area contributed by atoms with Crippen molar-refractivity contribution in [1.29, 1.82) is 0 Å². The molecule has 1 unspecified atom stereocenters. The van der Waals surface area contributed by atoms with Gasteiger partial charge in [0.15, 0.2) is 0 Å². The van der Waals surface area contributed by atoms with Crippen LogP contribution in [0.4, 0.5) is 11.4 Å². The highest BCUT2D eigenvalue weighted by Gasteiger charge is 2.41. The lowest BCUT2D eigenvalue weighted by Crippen LogP contribution is -2.44. The number of benzene rings is 5. The van der Waals surface area contributed by atoms with Gasteiger partial charge in [-0.05, 0) is 60.5 Å². The van der Waals surface area contributed by atoms with Gasteiger partial charge >= 0.3 is 6.15 Å². The lowest BCUT2D eigenvalue weighted by molar-refractivity contribution is -0.191. The number of nitrogens with one attached hydrogen (secondary N) is 2. The number of aromatic hydroxyl groups is 1. The maximum atomic E-state index is 13.4. The molecule has 2 atom stereocenters. The van der Waals surface area contributed by atoms with Crippen molar-refractivity contribution in [3.63, 3.8) is 0 Å². The summed E-state index contributed by atoms with van der Waals surface area (Å²) < 4.78 is 2.12. The molecule has 0 spiro atoms. The summed E-state index contributed by atoms with van der Waals surface area (Å²) >= 11 is 0. The number of aryl methyl sites for hydroxylation is 1. The van der Waals surface area contributed by atoms with Crippen LogP contribution in [0.3, 0.4) is 0 Å². The van der Waals surface area contributed by atoms with E-state index in [0.717, 1.165) is 38.7 Å². The quantitative estimate of drug-likeness (QED) is 0.156. The Labute approximate surface area is 281 Å². The summed E-state index contributed by atoms with van der Waals surface area (Å²) in [5.41, 5.74) is 12.6. The normalized spacial score (nSPS) is 15.3. The van der Waals surface area contributed by atoms with Crippen LogP contribution in [-0.2, 0) is 26.2 Å². The minimum Gasteiger partial charge on any atom is -0.508 e. The van der Waals surface area contributed by atoms with Gasteiger partial charge in [-0.2, -0.15) is 9.59 Å². The molecular formula is C39H35N5O5. The first kappa shape index (κ1) is 32.6. The molecule has 2 amide bonds. The summed E-state index contributed by atoms with van der Waals surface area (Å²) in [6.45, 7) is 2.03. The number of nitrogens with zero attached hydrogens (tertiary/aromatic N) is 2. The Bertz CT molecular complexity index is 2350. The number of rotatable bonds is 3. The Morgan fingerprint density at radius 2 is 1.45 bits per heavy atom. The molecule has 0 bridgehead atoms. The first-order valence-corrected chi connectivity index (χ1v) is 15.8. The SMILES string of the molecule is CC(=O)N1CCC(c2ccc(O)cc2)[C@H]1C(=O)Nc1ccc2c3ccccc3n(C)c2c1.Nc1ccc2c(c1)[nH]c1ccccc12.O=C=O. The Morgan fingerprint density at radius 1 is 0.816 bits per heavy atom. The average Bonchev–Trinajstić information content (AvgIpc) is 3.78. The second kappa shape index (κ2) is 13.8. The van der Waals surface area contributed by atoms with E-state index in [1.807, 2.05) is 73.8 Å². The van der Waals surface area contributed by atoms with Gasteiger partial charge in [0.2, 0.25) is 11.8 Å². The predicted octanol–water partition coefficient (Wildman–Crippen LogP) is 6.70. The average molecular weight is 654 g/mol. The lowest BCUT2D eigenvalue weighted by atomic mass is 9.91. The molecule has 10 heteroatoms. The zero-order chi connectivity index (χ0) is 34.7. The number of nitrogen functional groups attached to an aromatic ring is 1. The number of carbonyl (C=O) groups excluding carboxylic acids is 4. The second-order valence-corrected chi connectivity index (χ2v) is 12.0. The maximum absolute atomic E-state index is 13.4. The van der Waals surface area contributed by atoms with E-state index in [1.54, 1.807) is 17.0 Å². The van der Waals surface area contributed by atoms with Crippen molar-refractivity contribution in [3.05, 3.63) is 115 Å². The summed E-state index contributed by atoms with van der Waals surface area (Å²) in [5.74, 6) is -0.260. The number of carbonyl (C=O) groups is 2. The Hall–Kier alpha value is -6.38. The van der Waals surface area contributed by atoms with Crippen molar-refractivity contribution in [1.82, 2.24) is 14.5 Å². The molecule has 5 N–H and O–H groups in total. The van der Waals surface area contributed by atoms with Crippen LogP contribution in [0.25, 0.3) is 43.6 Å². The Kier molecular flexibility index (Phi) is 9.15. The molecule has 7 aromatic rings. The smallest absolute Gasteiger partial charge is 0.373 e. The number of amides is 2. The molecule has 2 aromatic heterocycles. The minimum atomic E-state index is -0.597. The van der Waals surface area contributed by atoms with E-state index in [0.29, 0.717) is 18.7 Å². The van der Waals surface area contributed by atoms with Crippen molar-refractivity contribution in [2.75, 3.05) is 17.6 Å². The molecule has 1 aliphatic rings. The van der Waals surface area contributed by atoms with E-state index in [-0.39, 0.29) is 29.6 Å². The lowest BCUT2D eigenvalue weighted by Gasteiger charge is -2.26. The topological polar surface area (TPSA) is 151 Å². The van der Waals surface area contributed by atoms with Gasteiger partial charge in [-0.15, -0.1) is 0 Å². The summed E-state index contributed by atoms with van der Waals surface area (Å²) in [6, 6.07) is 34.7. The molecule has 246 valence electrons. The number of likely N-dealkylation sites (tertiary alicyclic amines) is 1.